The Kier molecular flexibility index (Phi) is 4.62. The number of fused-ring (bicyclic) bond motifs is 3. The quantitative estimate of drug-likeness (QED) is 0.476. The molecule has 2 saturated heterocycles. The van der Waals surface area contributed by atoms with Crippen LogP contribution in [-0.4, -0.2) is 44.9 Å². The third-order valence-corrected chi connectivity index (χ3v) is 6.40. The van der Waals surface area contributed by atoms with Crippen molar-refractivity contribution in [2.24, 2.45) is 7.05 Å². The van der Waals surface area contributed by atoms with Crippen molar-refractivity contribution < 1.29 is 4.74 Å². The number of nitrogens with one attached hydrogen (secondary N) is 2. The largest absolute Gasteiger partial charge is 0.436 e. The predicted molar refractivity (Wildman–Crippen MR) is 125 cm³/mol. The molecule has 6 rings (SSSR count). The summed E-state index contributed by atoms with van der Waals surface area (Å²) in [7, 11) is 1.84. The molecule has 4 heterocycles. The van der Waals surface area contributed by atoms with Crippen LogP contribution in [0.2, 0.25) is 5.02 Å². The Hall–Kier alpha value is -3.36. The first kappa shape index (κ1) is 19.3. The summed E-state index contributed by atoms with van der Waals surface area (Å²) in [6.07, 6.45) is 4.60. The monoisotopic (exact) mass is 447 g/mol. The lowest BCUT2D eigenvalue weighted by Gasteiger charge is -2.29. The van der Waals surface area contributed by atoms with Crippen LogP contribution in [0.3, 0.4) is 0 Å². The highest BCUT2D eigenvalue weighted by Gasteiger charge is 2.37. The molecule has 2 fully saturated rings. The number of hydrogen-bond acceptors (Lipinski definition) is 7. The van der Waals surface area contributed by atoms with Gasteiger partial charge in [0.25, 0.3) is 0 Å². The van der Waals surface area contributed by atoms with Gasteiger partial charge in [-0.15, -0.1) is 5.10 Å². The summed E-state index contributed by atoms with van der Waals surface area (Å²) in [4.78, 5) is 11.4. The van der Waals surface area contributed by atoms with Gasteiger partial charge in [-0.05, 0) is 42.8 Å². The lowest BCUT2D eigenvalue weighted by molar-refractivity contribution is 0.454. The van der Waals surface area contributed by atoms with Crippen molar-refractivity contribution in [3.63, 3.8) is 0 Å². The second-order valence-electron chi connectivity index (χ2n) is 8.27. The van der Waals surface area contributed by atoms with Crippen LogP contribution in [0, 0.1) is 0 Å². The van der Waals surface area contributed by atoms with E-state index in [1.54, 1.807) is 17.1 Å². The van der Waals surface area contributed by atoms with Crippen molar-refractivity contribution in [1.82, 2.24) is 25.1 Å². The summed E-state index contributed by atoms with van der Waals surface area (Å²) in [6.45, 7) is 2.09. The minimum absolute atomic E-state index is 0.486. The lowest BCUT2D eigenvalue weighted by atomic mass is 10.1. The fourth-order valence-electron chi connectivity index (χ4n) is 4.56. The van der Waals surface area contributed by atoms with E-state index < -0.39 is 0 Å². The molecular formula is C23H22ClN7O. The number of aromatic nitrogens is 4. The number of ether oxygens (including phenoxy) is 1. The van der Waals surface area contributed by atoms with Gasteiger partial charge < -0.3 is 20.3 Å². The first-order chi connectivity index (χ1) is 15.6. The molecule has 162 valence electrons. The van der Waals surface area contributed by atoms with Crippen LogP contribution in [0.5, 0.6) is 11.6 Å². The third-order valence-electron chi connectivity index (χ3n) is 6.11. The zero-order chi connectivity index (χ0) is 21.7. The highest BCUT2D eigenvalue weighted by Crippen LogP contribution is 2.35. The molecule has 8 nitrogen and oxygen atoms in total. The van der Waals surface area contributed by atoms with E-state index in [9.17, 15) is 0 Å². The van der Waals surface area contributed by atoms with Gasteiger partial charge in [-0.2, -0.15) is 0 Å². The van der Waals surface area contributed by atoms with E-state index in [4.69, 9.17) is 16.3 Å². The minimum Gasteiger partial charge on any atom is -0.436 e. The van der Waals surface area contributed by atoms with E-state index in [2.05, 4.69) is 48.8 Å². The maximum atomic E-state index is 6.47. The molecule has 2 N–H and O–H groups in total. The molecule has 0 unspecified atom stereocenters. The summed E-state index contributed by atoms with van der Waals surface area (Å²) < 4.78 is 7.45. The van der Waals surface area contributed by atoms with Gasteiger partial charge in [0.2, 0.25) is 5.88 Å². The van der Waals surface area contributed by atoms with Gasteiger partial charge in [-0.1, -0.05) is 11.6 Å². The number of benzene rings is 2. The predicted octanol–water partition coefficient (Wildman–Crippen LogP) is 4.10. The van der Waals surface area contributed by atoms with E-state index >= 15 is 0 Å². The van der Waals surface area contributed by atoms with Gasteiger partial charge in [0, 0.05) is 61.2 Å². The van der Waals surface area contributed by atoms with Crippen molar-refractivity contribution >= 4 is 39.7 Å². The molecule has 0 amide bonds. The molecule has 0 aliphatic carbocycles. The highest BCUT2D eigenvalue weighted by molar-refractivity contribution is 6.32. The molecule has 2 aliphatic heterocycles. The summed E-state index contributed by atoms with van der Waals surface area (Å²) >= 11 is 6.47. The average molecular weight is 448 g/mol. The van der Waals surface area contributed by atoms with Crippen LogP contribution in [0.15, 0.2) is 55.0 Å². The molecule has 2 aromatic carbocycles. The fourth-order valence-corrected chi connectivity index (χ4v) is 4.78. The normalized spacial score (nSPS) is 19.6. The summed E-state index contributed by atoms with van der Waals surface area (Å²) in [6, 6.07) is 14.9. The topological polar surface area (TPSA) is 80.1 Å². The zero-order valence-electron chi connectivity index (χ0n) is 17.5. The number of piperazine rings is 1. The van der Waals surface area contributed by atoms with Gasteiger partial charge in [-0.3, -0.25) is 4.68 Å². The first-order valence-electron chi connectivity index (χ1n) is 10.6. The smallest absolute Gasteiger partial charge is 0.238 e. The van der Waals surface area contributed by atoms with Crippen LogP contribution in [-0.2, 0) is 7.05 Å². The standard InChI is InChI=1S/C23H22ClN7O/c1-30-7-6-22(29-30)32-21-5-2-14(9-19(21)24)28-23-18-10-16(3-4-20(18)26-13-27-23)31-12-15-8-17(31)11-25-15/h2-7,9-10,13,15,17,25H,8,11-12H2,1H3,(H,26,27,28)/t15-,17-/m0/s1. The number of halogens is 1. The molecule has 32 heavy (non-hydrogen) atoms. The van der Waals surface area contributed by atoms with Crippen LogP contribution in [0.4, 0.5) is 17.2 Å². The van der Waals surface area contributed by atoms with Gasteiger partial charge in [0.1, 0.15) is 17.9 Å². The van der Waals surface area contributed by atoms with E-state index in [1.807, 2.05) is 31.4 Å². The van der Waals surface area contributed by atoms with Gasteiger partial charge in [0.15, 0.2) is 0 Å². The maximum absolute atomic E-state index is 6.47. The van der Waals surface area contributed by atoms with Crippen molar-refractivity contribution in [2.75, 3.05) is 23.3 Å². The van der Waals surface area contributed by atoms with Crippen molar-refractivity contribution in [1.29, 1.82) is 0 Å². The Labute approximate surface area is 190 Å². The number of hydrogen-bond donors (Lipinski definition) is 2. The Morgan fingerprint density at radius 3 is 2.84 bits per heavy atom. The second-order valence-corrected chi connectivity index (χ2v) is 8.68. The molecular weight excluding hydrogens is 426 g/mol. The molecule has 0 saturated carbocycles. The molecule has 2 atom stereocenters. The van der Waals surface area contributed by atoms with E-state index in [-0.39, 0.29) is 0 Å². The van der Waals surface area contributed by atoms with Crippen LogP contribution in [0.1, 0.15) is 6.42 Å². The molecule has 9 heteroatoms. The van der Waals surface area contributed by atoms with Crippen molar-refractivity contribution in [2.45, 2.75) is 18.5 Å². The lowest BCUT2D eigenvalue weighted by Crippen LogP contribution is -2.43. The molecule has 2 aliphatic rings. The van der Waals surface area contributed by atoms with Crippen LogP contribution in [0.25, 0.3) is 10.9 Å². The number of aryl methyl sites for hydroxylation is 1. The summed E-state index contributed by atoms with van der Waals surface area (Å²) in [5.41, 5.74) is 2.93. The number of rotatable bonds is 5. The zero-order valence-corrected chi connectivity index (χ0v) is 18.3. The average Bonchev–Trinajstić information content (AvgIpc) is 3.53. The van der Waals surface area contributed by atoms with Crippen LogP contribution < -0.4 is 20.3 Å². The number of nitrogens with zero attached hydrogens (tertiary/aromatic N) is 5. The van der Waals surface area contributed by atoms with Crippen molar-refractivity contribution in [3.05, 3.63) is 60.0 Å². The fraction of sp³-hybridized carbons (Fsp3) is 0.261. The molecule has 0 spiro atoms. The Balaban J connectivity index is 1.28. The van der Waals surface area contributed by atoms with Crippen LogP contribution >= 0.6 is 11.6 Å². The highest BCUT2D eigenvalue weighted by atomic mass is 35.5. The molecule has 2 bridgehead atoms. The molecule has 2 aromatic heterocycles. The van der Waals surface area contributed by atoms with Gasteiger partial charge in [0.05, 0.1) is 10.5 Å². The Morgan fingerprint density at radius 2 is 2.09 bits per heavy atom. The SMILES string of the molecule is Cn1ccc(Oc2ccc(Nc3ncnc4ccc(N5C[C@@H]6C[C@H]5CN6)cc34)cc2Cl)n1. The van der Waals surface area contributed by atoms with E-state index in [0.717, 1.165) is 35.5 Å². The Morgan fingerprint density at radius 1 is 1.16 bits per heavy atom. The number of anilines is 3. The molecule has 0 radical (unpaired) electrons. The first-order valence-corrected chi connectivity index (χ1v) is 11.0. The summed E-state index contributed by atoms with van der Waals surface area (Å²) in [5.74, 6) is 1.78. The van der Waals surface area contributed by atoms with E-state index in [0.29, 0.717) is 28.7 Å². The summed E-state index contributed by atoms with van der Waals surface area (Å²) in [5, 5.41) is 12.6. The van der Waals surface area contributed by atoms with E-state index in [1.165, 1.54) is 12.1 Å². The van der Waals surface area contributed by atoms with Crippen molar-refractivity contribution in [3.8, 4) is 11.6 Å². The minimum atomic E-state index is 0.486. The van der Waals surface area contributed by atoms with Gasteiger partial charge >= 0.3 is 0 Å². The maximum Gasteiger partial charge on any atom is 0.238 e. The van der Waals surface area contributed by atoms with Gasteiger partial charge in [-0.25, -0.2) is 9.97 Å². The molecule has 4 aromatic rings. The third kappa shape index (κ3) is 3.51. The second kappa shape index (κ2) is 7.65. The Bertz CT molecular complexity index is 1310.